The molecule has 5 rings (SSSR count). The minimum Gasteiger partial charge on any atom is -0.444 e. The van der Waals surface area contributed by atoms with Crippen LogP contribution in [0.3, 0.4) is 0 Å². The number of urea groups is 1. The topological polar surface area (TPSA) is 68.4 Å². The van der Waals surface area contributed by atoms with Crippen LogP contribution in [0.4, 0.5) is 37.2 Å². The van der Waals surface area contributed by atoms with Gasteiger partial charge in [-0.25, -0.2) is 18.4 Å². The number of hydrogen-bond acceptors (Lipinski definition) is 6. The van der Waals surface area contributed by atoms with Gasteiger partial charge in [0, 0.05) is 71.2 Å². The van der Waals surface area contributed by atoms with Gasteiger partial charge in [-0.1, -0.05) is 0 Å². The smallest absolute Gasteiger partial charge is 0.417 e. The lowest BCUT2D eigenvalue weighted by molar-refractivity contribution is -0.137. The molecule has 4 atom stereocenters. The summed E-state index contributed by atoms with van der Waals surface area (Å²) in [4.78, 5) is 33.7. The van der Waals surface area contributed by atoms with Gasteiger partial charge in [-0.2, -0.15) is 13.2 Å². The van der Waals surface area contributed by atoms with Crippen molar-refractivity contribution in [1.29, 1.82) is 0 Å². The van der Waals surface area contributed by atoms with E-state index in [0.717, 1.165) is 30.0 Å². The van der Waals surface area contributed by atoms with Crippen LogP contribution in [0.15, 0.2) is 29.2 Å². The monoisotopic (exact) mass is 655 g/mol. The van der Waals surface area contributed by atoms with Gasteiger partial charge in [0.2, 0.25) is 0 Å². The number of alkyl halides is 3. The second-order valence-electron chi connectivity index (χ2n) is 13.1. The Bertz CT molecular complexity index is 1490. The Hall–Kier alpha value is -3.10. The molecule has 2 aromatic carbocycles. The summed E-state index contributed by atoms with van der Waals surface area (Å²) in [7, 11) is 3.64. The molecule has 45 heavy (non-hydrogen) atoms. The maximum absolute atomic E-state index is 15.2. The Labute approximate surface area is 263 Å². The average Bonchev–Trinajstić information content (AvgIpc) is 3.10. The number of amides is 3. The van der Waals surface area contributed by atoms with Crippen LogP contribution < -0.4 is 10.2 Å². The third kappa shape index (κ3) is 6.46. The lowest BCUT2D eigenvalue weighted by atomic mass is 9.91. The van der Waals surface area contributed by atoms with Crippen LogP contribution in [0.5, 0.6) is 0 Å². The van der Waals surface area contributed by atoms with Gasteiger partial charge in [-0.15, -0.1) is 11.8 Å². The van der Waals surface area contributed by atoms with Crippen molar-refractivity contribution in [2.45, 2.75) is 75.6 Å². The Balaban J connectivity index is 1.67. The van der Waals surface area contributed by atoms with Crippen molar-refractivity contribution in [3.63, 3.8) is 0 Å². The number of piperazine rings is 1. The fourth-order valence-electron chi connectivity index (χ4n) is 6.32. The Morgan fingerprint density at radius 1 is 1.04 bits per heavy atom. The molecule has 0 spiro atoms. The van der Waals surface area contributed by atoms with E-state index in [4.69, 9.17) is 4.74 Å². The molecule has 14 heteroatoms. The highest BCUT2D eigenvalue weighted by Gasteiger charge is 2.47. The second kappa shape index (κ2) is 11.9. The maximum Gasteiger partial charge on any atom is 0.417 e. The van der Waals surface area contributed by atoms with Gasteiger partial charge in [0.1, 0.15) is 23.4 Å². The molecule has 3 amide bonds. The SMILES string of the molecule is C[C@@H]1CN(C2NC(=O)N3C[C@@H](N(C)C)CSc4c(-c5ccc(F)cc5F)c(C(F)(F)F)cc2c43)C[C@H](C)N1C(=O)OC(C)(C)C. The third-order valence-corrected chi connectivity index (χ3v) is 9.56. The van der Waals surface area contributed by atoms with Crippen molar-refractivity contribution in [2.75, 3.05) is 44.4 Å². The summed E-state index contributed by atoms with van der Waals surface area (Å²) >= 11 is 1.13. The molecule has 0 aromatic heterocycles. The van der Waals surface area contributed by atoms with Gasteiger partial charge >= 0.3 is 18.3 Å². The first kappa shape index (κ1) is 33.3. The zero-order chi connectivity index (χ0) is 33.2. The zero-order valence-electron chi connectivity index (χ0n) is 26.3. The van der Waals surface area contributed by atoms with E-state index >= 15 is 4.39 Å². The van der Waals surface area contributed by atoms with Crippen molar-refractivity contribution in [1.82, 2.24) is 20.0 Å². The van der Waals surface area contributed by atoms with Crippen LogP contribution in [0, 0.1) is 11.6 Å². The fraction of sp³-hybridized carbons (Fsp3) is 0.548. The number of carbonyl (C=O) groups excluding carboxylic acids is 2. The van der Waals surface area contributed by atoms with Crippen molar-refractivity contribution in [2.24, 2.45) is 0 Å². The van der Waals surface area contributed by atoms with Crippen LogP contribution >= 0.6 is 11.8 Å². The highest BCUT2D eigenvalue weighted by atomic mass is 32.2. The second-order valence-corrected chi connectivity index (χ2v) is 14.1. The summed E-state index contributed by atoms with van der Waals surface area (Å²) in [6.45, 7) is 9.62. The summed E-state index contributed by atoms with van der Waals surface area (Å²) in [6.07, 6.45) is -6.36. The van der Waals surface area contributed by atoms with Crippen LogP contribution in [0.25, 0.3) is 11.1 Å². The minimum atomic E-state index is -4.90. The van der Waals surface area contributed by atoms with Crippen molar-refractivity contribution in [3.8, 4) is 11.1 Å². The molecule has 1 unspecified atom stereocenters. The maximum atomic E-state index is 15.2. The van der Waals surface area contributed by atoms with E-state index in [-0.39, 0.29) is 53.9 Å². The first-order chi connectivity index (χ1) is 20.9. The average molecular weight is 656 g/mol. The van der Waals surface area contributed by atoms with E-state index in [1.165, 1.54) is 4.90 Å². The minimum absolute atomic E-state index is 0.114. The standard InChI is InChI=1S/C31H38F5N5O3S/c1-16-12-39(13-17(2)41(16)29(43)44-30(3,4)5)27-21-11-22(31(34,35)36)24(20-9-8-18(32)10-23(20)33)26-25(21)40(28(42)37-27)14-19(15-45-26)38(6)7/h8-11,16-17,19,27H,12-15H2,1-7H3,(H,37,42)/t16-,17+,19-,27?/m1/s1. The van der Waals surface area contributed by atoms with E-state index in [0.29, 0.717) is 11.8 Å². The molecule has 2 aromatic rings. The molecule has 3 heterocycles. The van der Waals surface area contributed by atoms with Gasteiger partial charge in [0.15, 0.2) is 0 Å². The Morgan fingerprint density at radius 2 is 1.69 bits per heavy atom. The number of nitrogens with one attached hydrogen (secondary N) is 1. The number of carbonyl (C=O) groups is 2. The number of benzene rings is 2. The van der Waals surface area contributed by atoms with Crippen molar-refractivity contribution in [3.05, 3.63) is 47.0 Å². The fourth-order valence-corrected chi connectivity index (χ4v) is 7.81. The third-order valence-electron chi connectivity index (χ3n) is 8.32. The molecule has 3 aliphatic rings. The summed E-state index contributed by atoms with van der Waals surface area (Å²) < 4.78 is 79.5. The molecular formula is C31H38F5N5O3S. The summed E-state index contributed by atoms with van der Waals surface area (Å²) in [5, 5.41) is 2.93. The quantitative estimate of drug-likeness (QED) is 0.379. The molecule has 3 aliphatic heterocycles. The van der Waals surface area contributed by atoms with Crippen LogP contribution in [0.1, 0.15) is 51.9 Å². The van der Waals surface area contributed by atoms with Gasteiger partial charge in [0.05, 0.1) is 11.3 Å². The number of halogens is 5. The van der Waals surface area contributed by atoms with Gasteiger partial charge in [-0.3, -0.25) is 9.80 Å². The van der Waals surface area contributed by atoms with Crippen LogP contribution in [-0.4, -0.2) is 90.0 Å². The molecular weight excluding hydrogens is 617 g/mol. The molecule has 1 saturated heterocycles. The normalized spacial score (nSPS) is 24.3. The molecule has 246 valence electrons. The van der Waals surface area contributed by atoms with Gasteiger partial charge in [-0.05, 0) is 66.9 Å². The predicted octanol–water partition coefficient (Wildman–Crippen LogP) is 6.54. The molecule has 1 fully saturated rings. The highest BCUT2D eigenvalue weighted by molar-refractivity contribution is 7.99. The van der Waals surface area contributed by atoms with E-state index in [1.807, 2.05) is 37.7 Å². The van der Waals surface area contributed by atoms with E-state index in [1.54, 1.807) is 25.7 Å². The van der Waals surface area contributed by atoms with E-state index in [2.05, 4.69) is 5.32 Å². The molecule has 0 aliphatic carbocycles. The zero-order valence-corrected chi connectivity index (χ0v) is 27.1. The number of hydrogen-bond donors (Lipinski definition) is 1. The van der Waals surface area contributed by atoms with Crippen LogP contribution in [0.2, 0.25) is 0 Å². The van der Waals surface area contributed by atoms with Crippen molar-refractivity contribution >= 4 is 29.6 Å². The number of anilines is 1. The first-order valence-corrected chi connectivity index (χ1v) is 15.7. The lowest BCUT2D eigenvalue weighted by Crippen LogP contribution is -2.63. The molecule has 0 radical (unpaired) electrons. The number of likely N-dealkylation sites (N-methyl/N-ethyl adjacent to an activating group) is 1. The highest BCUT2D eigenvalue weighted by Crippen LogP contribution is 2.53. The number of ether oxygens (including phenoxy) is 1. The molecule has 1 N–H and O–H groups in total. The molecule has 0 saturated carbocycles. The van der Waals surface area contributed by atoms with E-state index < -0.39 is 58.4 Å². The Kier molecular flexibility index (Phi) is 8.81. The van der Waals surface area contributed by atoms with Crippen LogP contribution in [-0.2, 0) is 10.9 Å². The predicted molar refractivity (Wildman–Crippen MR) is 162 cm³/mol. The molecule has 8 nitrogen and oxygen atoms in total. The van der Waals surface area contributed by atoms with E-state index in [9.17, 15) is 27.2 Å². The van der Waals surface area contributed by atoms with Gasteiger partial charge in [0.25, 0.3) is 0 Å². The lowest BCUT2D eigenvalue weighted by Gasteiger charge is -2.49. The van der Waals surface area contributed by atoms with Crippen molar-refractivity contribution < 1.29 is 36.3 Å². The summed E-state index contributed by atoms with van der Waals surface area (Å²) in [5.74, 6) is -1.72. The molecule has 0 bridgehead atoms. The number of thioether (sulfide) groups is 1. The summed E-state index contributed by atoms with van der Waals surface area (Å²) in [6, 6.07) is 1.98. The Morgan fingerprint density at radius 3 is 2.24 bits per heavy atom. The summed E-state index contributed by atoms with van der Waals surface area (Å²) in [5.41, 5.74) is -2.10. The number of rotatable bonds is 3. The van der Waals surface area contributed by atoms with Gasteiger partial charge < -0.3 is 19.9 Å². The first-order valence-electron chi connectivity index (χ1n) is 14.7. The largest absolute Gasteiger partial charge is 0.444 e. The number of nitrogens with zero attached hydrogens (tertiary/aromatic N) is 4.